The van der Waals surface area contributed by atoms with Crippen molar-refractivity contribution >= 4 is 28.9 Å². The van der Waals surface area contributed by atoms with Gasteiger partial charge < -0.3 is 9.42 Å². The Morgan fingerprint density at radius 3 is 2.00 bits per heavy atom. The average molecular weight is 333 g/mol. The van der Waals surface area contributed by atoms with Crippen LogP contribution in [0.4, 0.5) is 0 Å². The van der Waals surface area contributed by atoms with Gasteiger partial charge in [0.05, 0.1) is 6.10 Å². The van der Waals surface area contributed by atoms with Crippen molar-refractivity contribution in [3.05, 3.63) is 0 Å². The summed E-state index contributed by atoms with van der Waals surface area (Å²) in [5.74, 6) is 0. The summed E-state index contributed by atoms with van der Waals surface area (Å²) in [4.78, 5) is 12.3. The molecule has 2 aliphatic rings. The van der Waals surface area contributed by atoms with Crippen molar-refractivity contribution in [3.63, 3.8) is 0 Å². The van der Waals surface area contributed by atoms with Gasteiger partial charge in [0.1, 0.15) is 0 Å². The quantitative estimate of drug-likeness (QED) is 0.568. The molecule has 18 heavy (non-hydrogen) atoms. The maximum Gasteiger partial charge on any atom is 1.00 e. The summed E-state index contributed by atoms with van der Waals surface area (Å²) >= 11 is 6.67. The minimum Gasteiger partial charge on any atom is -0.793 e. The second-order valence-electron chi connectivity index (χ2n) is 5.18. The minimum atomic E-state index is -2.83. The molecule has 2 aliphatic carbocycles. The van der Waals surface area contributed by atoms with Crippen LogP contribution in [0.25, 0.3) is 0 Å². The Kier molecular flexibility index (Phi) is 9.87. The second kappa shape index (κ2) is 9.55. The summed E-state index contributed by atoms with van der Waals surface area (Å²) in [5, 5.41) is 0.482. The molecule has 0 spiro atoms. The zero-order valence-corrected chi connectivity index (χ0v) is 17.0. The van der Waals surface area contributed by atoms with Gasteiger partial charge in [-0.3, -0.25) is 0 Å². The third-order valence-corrected chi connectivity index (χ3v) is 8.20. The number of hydrogen-bond donors (Lipinski definition) is 0. The average Bonchev–Trinajstić information content (AvgIpc) is 2.30. The maximum absolute atomic E-state index is 12.3. The molecule has 0 heterocycles. The van der Waals surface area contributed by atoms with E-state index in [9.17, 15) is 4.89 Å². The van der Waals surface area contributed by atoms with Crippen LogP contribution in [0.1, 0.15) is 64.2 Å². The van der Waals surface area contributed by atoms with Crippen LogP contribution >= 0.6 is 17.1 Å². The van der Waals surface area contributed by atoms with E-state index < -0.39 is 5.69 Å². The summed E-state index contributed by atoms with van der Waals surface area (Å²) in [7, 11) is 0. The van der Waals surface area contributed by atoms with Gasteiger partial charge in [0, 0.05) is 10.9 Å². The van der Waals surface area contributed by atoms with Gasteiger partial charge in [-0.1, -0.05) is 50.3 Å². The molecule has 2 nitrogen and oxygen atoms in total. The van der Waals surface area contributed by atoms with E-state index in [1.54, 1.807) is 0 Å². The van der Waals surface area contributed by atoms with Crippen molar-refractivity contribution in [2.24, 2.45) is 0 Å². The van der Waals surface area contributed by atoms with E-state index in [4.69, 9.17) is 16.3 Å². The van der Waals surface area contributed by atoms with Gasteiger partial charge in [-0.15, -0.1) is 11.4 Å². The Balaban J connectivity index is 0.00000162. The van der Waals surface area contributed by atoms with Crippen LogP contribution in [0.5, 0.6) is 0 Å². The first kappa shape index (κ1) is 18.6. The Morgan fingerprint density at radius 1 is 0.944 bits per heavy atom. The molecule has 1 unspecified atom stereocenters. The predicted molar refractivity (Wildman–Crippen MR) is 76.7 cm³/mol. The van der Waals surface area contributed by atoms with E-state index in [1.807, 2.05) is 0 Å². The Morgan fingerprint density at radius 2 is 1.44 bits per heavy atom. The van der Waals surface area contributed by atoms with Gasteiger partial charge in [-0.2, -0.15) is 0 Å². The van der Waals surface area contributed by atoms with E-state index in [0.29, 0.717) is 5.25 Å². The standard InChI is InChI=1S/C12H23O2PS2.K/c13-15(16,14-11-7-3-1-4-8-11)17-12-9-5-2-6-10-12;/h11-12H,1-10H2,(H,13,16);/q;+1/p-1. The van der Waals surface area contributed by atoms with Crippen LogP contribution in [-0.4, -0.2) is 11.4 Å². The van der Waals surface area contributed by atoms with Crippen LogP contribution in [0.2, 0.25) is 0 Å². The van der Waals surface area contributed by atoms with Crippen molar-refractivity contribution in [3.8, 4) is 0 Å². The third kappa shape index (κ3) is 7.01. The molecule has 2 saturated carbocycles. The monoisotopic (exact) mass is 332 g/mol. The summed E-state index contributed by atoms with van der Waals surface area (Å²) in [6, 6.07) is 0. The molecule has 2 fully saturated rings. The molecule has 0 radical (unpaired) electrons. The van der Waals surface area contributed by atoms with E-state index in [2.05, 4.69) is 0 Å². The molecule has 0 aliphatic heterocycles. The van der Waals surface area contributed by atoms with Crippen molar-refractivity contribution < 1.29 is 60.8 Å². The maximum atomic E-state index is 12.3. The largest absolute Gasteiger partial charge is 1.00 e. The van der Waals surface area contributed by atoms with Crippen LogP contribution in [-0.2, 0) is 16.3 Å². The van der Waals surface area contributed by atoms with Gasteiger partial charge in [-0.05, 0) is 25.7 Å². The first-order valence-corrected chi connectivity index (χ1v) is 11.0. The number of rotatable bonds is 4. The molecule has 0 aromatic rings. The molecule has 0 N–H and O–H groups in total. The molecular weight excluding hydrogens is 310 g/mol. The molecule has 1 atom stereocenters. The van der Waals surface area contributed by atoms with Gasteiger partial charge in [0.2, 0.25) is 0 Å². The Labute approximate surface area is 163 Å². The molecule has 100 valence electrons. The normalized spacial score (nSPS) is 26.3. The van der Waals surface area contributed by atoms with E-state index >= 15 is 0 Å². The van der Waals surface area contributed by atoms with Crippen LogP contribution in [0.3, 0.4) is 0 Å². The predicted octanol–water partition coefficient (Wildman–Crippen LogP) is 0.990. The van der Waals surface area contributed by atoms with Crippen molar-refractivity contribution in [2.75, 3.05) is 0 Å². The molecule has 0 bridgehead atoms. The zero-order chi connectivity index (χ0) is 12.1. The van der Waals surface area contributed by atoms with Crippen molar-refractivity contribution in [1.82, 2.24) is 0 Å². The SMILES string of the molecule is [K+].[O-]P(=S)(OC1CCCCC1)SC1CCCCC1. The van der Waals surface area contributed by atoms with Crippen molar-refractivity contribution in [1.29, 1.82) is 0 Å². The second-order valence-corrected chi connectivity index (χ2v) is 11.4. The molecule has 0 aromatic carbocycles. The molecule has 0 amide bonds. The third-order valence-electron chi connectivity index (χ3n) is 3.66. The first-order chi connectivity index (χ1) is 8.16. The summed E-state index contributed by atoms with van der Waals surface area (Å²) in [6.07, 6.45) is 12.1. The Hall–Kier alpha value is 2.56. The first-order valence-electron chi connectivity index (χ1n) is 6.83. The smallest absolute Gasteiger partial charge is 0.793 e. The summed E-state index contributed by atoms with van der Waals surface area (Å²) in [5.41, 5.74) is -2.83. The Bertz CT molecular complexity index is 255. The fraction of sp³-hybridized carbons (Fsp3) is 1.00. The minimum absolute atomic E-state index is 0. The fourth-order valence-corrected chi connectivity index (χ4v) is 7.97. The topological polar surface area (TPSA) is 32.3 Å². The molecule has 6 heteroatoms. The van der Waals surface area contributed by atoms with Crippen LogP contribution in [0.15, 0.2) is 0 Å². The van der Waals surface area contributed by atoms with Gasteiger partial charge in [-0.25, -0.2) is 0 Å². The zero-order valence-electron chi connectivity index (χ0n) is 11.3. The molecule has 2 rings (SSSR count). The van der Waals surface area contributed by atoms with E-state index in [-0.39, 0.29) is 57.5 Å². The molecular formula is C12H22KO2PS2. The van der Waals surface area contributed by atoms with Crippen LogP contribution < -0.4 is 56.3 Å². The van der Waals surface area contributed by atoms with E-state index in [0.717, 1.165) is 12.8 Å². The van der Waals surface area contributed by atoms with E-state index in [1.165, 1.54) is 62.7 Å². The van der Waals surface area contributed by atoms with Gasteiger partial charge in [0.15, 0.2) is 0 Å². The van der Waals surface area contributed by atoms with Gasteiger partial charge >= 0.3 is 51.4 Å². The molecule has 0 aromatic heterocycles. The molecule has 0 saturated heterocycles. The van der Waals surface area contributed by atoms with Gasteiger partial charge in [0.25, 0.3) is 0 Å². The number of hydrogen-bond acceptors (Lipinski definition) is 4. The summed E-state index contributed by atoms with van der Waals surface area (Å²) < 4.78 is 5.71. The van der Waals surface area contributed by atoms with Crippen molar-refractivity contribution in [2.45, 2.75) is 75.6 Å². The fourth-order valence-electron chi connectivity index (χ4n) is 2.73. The summed E-state index contributed by atoms with van der Waals surface area (Å²) in [6.45, 7) is 0. The van der Waals surface area contributed by atoms with Crippen LogP contribution in [0, 0.1) is 0 Å².